The molecule has 1 atom stereocenters. The quantitative estimate of drug-likeness (QED) is 0.855. The Balaban J connectivity index is 2.73. The molecular weight excluding hydrogens is 213 g/mol. The van der Waals surface area contributed by atoms with Gasteiger partial charge in [-0.3, -0.25) is 0 Å². The molecule has 0 bridgehead atoms. The number of aliphatic hydroxyl groups is 1. The van der Waals surface area contributed by atoms with Gasteiger partial charge in [-0.25, -0.2) is 4.39 Å². The van der Waals surface area contributed by atoms with Crippen molar-refractivity contribution in [2.75, 3.05) is 6.61 Å². The van der Waals surface area contributed by atoms with Gasteiger partial charge < -0.3 is 5.11 Å². The summed E-state index contributed by atoms with van der Waals surface area (Å²) in [6.45, 7) is 2.01. The Morgan fingerprint density at radius 1 is 1.60 bits per heavy atom. The third kappa shape index (κ3) is 3.54. The Morgan fingerprint density at radius 2 is 2.33 bits per heavy atom. The summed E-state index contributed by atoms with van der Waals surface area (Å²) >= 11 is 1.54. The molecule has 80 valence electrons. The van der Waals surface area contributed by atoms with E-state index in [0.717, 1.165) is 5.56 Å². The predicted molar refractivity (Wildman–Crippen MR) is 59.0 cm³/mol. The Hall–Kier alpha value is -1.05. The van der Waals surface area contributed by atoms with Crippen molar-refractivity contribution in [3.63, 3.8) is 0 Å². The van der Waals surface area contributed by atoms with E-state index in [2.05, 4.69) is 0 Å². The Labute approximate surface area is 92.7 Å². The molecule has 0 saturated heterocycles. The van der Waals surface area contributed by atoms with E-state index in [1.807, 2.05) is 13.0 Å². The molecule has 15 heavy (non-hydrogen) atoms. The summed E-state index contributed by atoms with van der Waals surface area (Å²) in [4.78, 5) is 0. The fourth-order valence-electron chi connectivity index (χ4n) is 1.06. The van der Waals surface area contributed by atoms with Crippen LogP contribution in [0, 0.1) is 17.1 Å². The lowest BCUT2D eigenvalue weighted by atomic mass is 10.1. The number of aliphatic hydroxyl groups excluding tert-OH is 1. The number of nitriles is 1. The molecular formula is C11H12FNOS. The first-order chi connectivity index (χ1) is 7.17. The van der Waals surface area contributed by atoms with Crippen LogP contribution < -0.4 is 0 Å². The minimum Gasteiger partial charge on any atom is -0.395 e. The Morgan fingerprint density at radius 3 is 2.93 bits per heavy atom. The summed E-state index contributed by atoms with van der Waals surface area (Å²) in [6, 6.07) is 6.16. The highest BCUT2D eigenvalue weighted by Gasteiger charge is 2.06. The highest BCUT2D eigenvalue weighted by molar-refractivity contribution is 7.99. The first-order valence-electron chi connectivity index (χ1n) is 4.58. The number of rotatable bonds is 4. The maximum absolute atomic E-state index is 12.8. The lowest BCUT2D eigenvalue weighted by molar-refractivity contribution is 0.300. The molecule has 0 aliphatic carbocycles. The number of thioether (sulfide) groups is 1. The van der Waals surface area contributed by atoms with Crippen LogP contribution in [0.2, 0.25) is 0 Å². The Bertz CT molecular complexity index is 375. The molecule has 2 nitrogen and oxygen atoms in total. The molecule has 0 aromatic heterocycles. The van der Waals surface area contributed by atoms with Crippen molar-refractivity contribution in [3.8, 4) is 6.07 Å². The van der Waals surface area contributed by atoms with Crippen LogP contribution in [0.1, 0.15) is 18.1 Å². The van der Waals surface area contributed by atoms with E-state index in [1.54, 1.807) is 17.8 Å². The SMILES string of the molecule is CC(CO)SCc1ccc(F)cc1C#N. The summed E-state index contributed by atoms with van der Waals surface area (Å²) in [7, 11) is 0. The average molecular weight is 225 g/mol. The van der Waals surface area contributed by atoms with E-state index < -0.39 is 5.82 Å². The van der Waals surface area contributed by atoms with Gasteiger partial charge in [0.1, 0.15) is 5.82 Å². The van der Waals surface area contributed by atoms with Crippen LogP contribution in [0.4, 0.5) is 4.39 Å². The van der Waals surface area contributed by atoms with E-state index in [4.69, 9.17) is 10.4 Å². The van der Waals surface area contributed by atoms with Gasteiger partial charge in [-0.15, -0.1) is 0 Å². The maximum Gasteiger partial charge on any atom is 0.124 e. The monoisotopic (exact) mass is 225 g/mol. The molecule has 0 fully saturated rings. The lowest BCUT2D eigenvalue weighted by Gasteiger charge is -2.08. The van der Waals surface area contributed by atoms with E-state index >= 15 is 0 Å². The molecule has 0 saturated carbocycles. The van der Waals surface area contributed by atoms with Crippen molar-refractivity contribution in [1.82, 2.24) is 0 Å². The first kappa shape index (κ1) is 12.0. The third-order valence-electron chi connectivity index (χ3n) is 1.97. The number of benzene rings is 1. The zero-order valence-electron chi connectivity index (χ0n) is 8.40. The number of hydrogen-bond acceptors (Lipinski definition) is 3. The van der Waals surface area contributed by atoms with Crippen LogP contribution in [-0.4, -0.2) is 17.0 Å². The van der Waals surface area contributed by atoms with Gasteiger partial charge in [0.15, 0.2) is 0 Å². The molecule has 1 aromatic carbocycles. The van der Waals surface area contributed by atoms with Gasteiger partial charge in [-0.2, -0.15) is 17.0 Å². The molecule has 1 rings (SSSR count). The van der Waals surface area contributed by atoms with Gasteiger partial charge in [0, 0.05) is 11.0 Å². The van der Waals surface area contributed by atoms with Crippen molar-refractivity contribution >= 4 is 11.8 Å². The topological polar surface area (TPSA) is 44.0 Å². The molecule has 0 amide bonds. The van der Waals surface area contributed by atoms with Crippen molar-refractivity contribution in [2.24, 2.45) is 0 Å². The second-order valence-corrected chi connectivity index (χ2v) is 4.64. The average Bonchev–Trinajstić information content (AvgIpc) is 2.26. The molecule has 0 aliphatic heterocycles. The van der Waals surface area contributed by atoms with Crippen molar-refractivity contribution in [1.29, 1.82) is 5.26 Å². The third-order valence-corrected chi connectivity index (χ3v) is 3.17. The van der Waals surface area contributed by atoms with Crippen molar-refractivity contribution in [3.05, 3.63) is 35.1 Å². The van der Waals surface area contributed by atoms with Crippen molar-refractivity contribution in [2.45, 2.75) is 17.9 Å². The molecule has 4 heteroatoms. The minimum atomic E-state index is -0.393. The number of nitrogens with zero attached hydrogens (tertiary/aromatic N) is 1. The van der Waals surface area contributed by atoms with Crippen LogP contribution in [0.25, 0.3) is 0 Å². The molecule has 1 unspecified atom stereocenters. The van der Waals surface area contributed by atoms with E-state index in [1.165, 1.54) is 12.1 Å². The normalized spacial score (nSPS) is 12.1. The number of hydrogen-bond donors (Lipinski definition) is 1. The molecule has 1 aromatic rings. The first-order valence-corrected chi connectivity index (χ1v) is 5.63. The van der Waals surface area contributed by atoms with E-state index in [9.17, 15) is 4.39 Å². The lowest BCUT2D eigenvalue weighted by Crippen LogP contribution is -2.03. The van der Waals surface area contributed by atoms with E-state index in [0.29, 0.717) is 11.3 Å². The number of halogens is 1. The zero-order chi connectivity index (χ0) is 11.3. The van der Waals surface area contributed by atoms with Crippen LogP contribution in [0.5, 0.6) is 0 Å². The maximum atomic E-state index is 12.8. The fourth-order valence-corrected chi connectivity index (χ4v) is 1.88. The zero-order valence-corrected chi connectivity index (χ0v) is 9.22. The van der Waals surface area contributed by atoms with Crippen molar-refractivity contribution < 1.29 is 9.50 Å². The van der Waals surface area contributed by atoms with Gasteiger partial charge in [0.05, 0.1) is 18.2 Å². The standard InChI is InChI=1S/C11H12FNOS/c1-8(6-14)15-7-9-2-3-11(12)4-10(9)5-13/h2-4,8,14H,6-7H2,1H3. The smallest absolute Gasteiger partial charge is 0.124 e. The second kappa shape index (κ2) is 5.74. The van der Waals surface area contributed by atoms with Crippen LogP contribution in [-0.2, 0) is 5.75 Å². The highest BCUT2D eigenvalue weighted by atomic mass is 32.2. The van der Waals surface area contributed by atoms with Gasteiger partial charge in [-0.05, 0) is 17.7 Å². The molecule has 0 spiro atoms. The predicted octanol–water partition coefficient (Wildman–Crippen LogP) is 2.31. The highest BCUT2D eigenvalue weighted by Crippen LogP contribution is 2.20. The van der Waals surface area contributed by atoms with Gasteiger partial charge in [-0.1, -0.05) is 13.0 Å². The summed E-state index contributed by atoms with van der Waals surface area (Å²) in [5.74, 6) is 0.223. The summed E-state index contributed by atoms with van der Waals surface area (Å²) in [5, 5.41) is 17.8. The molecule has 1 N–H and O–H groups in total. The summed E-state index contributed by atoms with van der Waals surface area (Å²) in [6.07, 6.45) is 0. The molecule has 0 heterocycles. The largest absolute Gasteiger partial charge is 0.395 e. The molecule has 0 radical (unpaired) electrons. The van der Waals surface area contributed by atoms with Crippen LogP contribution >= 0.6 is 11.8 Å². The van der Waals surface area contributed by atoms with Gasteiger partial charge in [0.25, 0.3) is 0 Å². The van der Waals surface area contributed by atoms with Gasteiger partial charge >= 0.3 is 0 Å². The Kier molecular flexibility index (Phi) is 4.60. The minimum absolute atomic E-state index is 0.105. The van der Waals surface area contributed by atoms with Gasteiger partial charge in [0.2, 0.25) is 0 Å². The summed E-state index contributed by atoms with van der Waals surface area (Å²) < 4.78 is 12.8. The summed E-state index contributed by atoms with van der Waals surface area (Å²) in [5.41, 5.74) is 1.18. The second-order valence-electron chi connectivity index (χ2n) is 3.22. The van der Waals surface area contributed by atoms with Crippen LogP contribution in [0.15, 0.2) is 18.2 Å². The fraction of sp³-hybridized carbons (Fsp3) is 0.364. The van der Waals surface area contributed by atoms with E-state index in [-0.39, 0.29) is 11.9 Å². The van der Waals surface area contributed by atoms with Crippen LogP contribution in [0.3, 0.4) is 0 Å². The molecule has 0 aliphatic rings.